The van der Waals surface area contributed by atoms with Gasteiger partial charge >= 0.3 is 6.09 Å². The van der Waals surface area contributed by atoms with E-state index < -0.39 is 5.60 Å². The molecule has 1 amide bonds. The number of rotatable bonds is 4. The van der Waals surface area contributed by atoms with Crippen LogP contribution in [-0.4, -0.2) is 17.7 Å². The Morgan fingerprint density at radius 1 is 1.55 bits per heavy atom. The lowest BCUT2D eigenvalue weighted by atomic mass is 10.1. The average Bonchev–Trinajstić information content (AvgIpc) is 3.00. The highest BCUT2D eigenvalue weighted by atomic mass is 35.5. The minimum atomic E-state index is -0.463. The lowest BCUT2D eigenvalue weighted by molar-refractivity contribution is 0.0508. The molecular weight excluding hydrogens is 294 g/mol. The van der Waals surface area contributed by atoms with E-state index >= 15 is 0 Å². The van der Waals surface area contributed by atoms with Crippen LogP contribution in [0.3, 0.4) is 0 Å². The summed E-state index contributed by atoms with van der Waals surface area (Å²) >= 11 is 7.74. The van der Waals surface area contributed by atoms with Crippen molar-refractivity contribution in [3.63, 3.8) is 0 Å². The first-order valence-corrected chi connectivity index (χ1v) is 8.21. The Labute approximate surface area is 129 Å². The van der Waals surface area contributed by atoms with Gasteiger partial charge < -0.3 is 10.1 Å². The molecule has 1 saturated carbocycles. The quantitative estimate of drug-likeness (QED) is 0.872. The Morgan fingerprint density at radius 2 is 2.20 bits per heavy atom. The van der Waals surface area contributed by atoms with Crippen molar-refractivity contribution in [3.8, 4) is 0 Å². The maximum absolute atomic E-state index is 11.7. The van der Waals surface area contributed by atoms with Gasteiger partial charge in [0, 0.05) is 17.3 Å². The van der Waals surface area contributed by atoms with Crippen molar-refractivity contribution in [1.29, 1.82) is 0 Å². The van der Waals surface area contributed by atoms with E-state index in [0.29, 0.717) is 5.92 Å². The standard InChI is InChI=1S/C15H22ClNO2S/c1-9(17-14(18)19-15(2,3)4)7-12-11(10-5-6-10)8-13(16)20-12/h8-10H,5-7H2,1-4H3,(H,17,18)/t9-/m0/s1. The third-order valence-electron chi connectivity index (χ3n) is 3.08. The number of nitrogens with one attached hydrogen (secondary N) is 1. The van der Waals surface area contributed by atoms with Crippen molar-refractivity contribution in [1.82, 2.24) is 5.32 Å². The molecule has 1 N–H and O–H groups in total. The average molecular weight is 316 g/mol. The van der Waals surface area contributed by atoms with Crippen molar-refractivity contribution in [2.24, 2.45) is 0 Å². The first-order valence-electron chi connectivity index (χ1n) is 7.02. The number of halogens is 1. The van der Waals surface area contributed by atoms with Gasteiger partial charge in [0.05, 0.1) is 4.34 Å². The molecule has 0 aromatic carbocycles. The van der Waals surface area contributed by atoms with Gasteiger partial charge in [-0.05, 0) is 58.1 Å². The normalized spacial score (nSPS) is 16.9. The summed E-state index contributed by atoms with van der Waals surface area (Å²) in [4.78, 5) is 13.0. The van der Waals surface area contributed by atoms with E-state index in [1.165, 1.54) is 23.3 Å². The fraction of sp³-hybridized carbons (Fsp3) is 0.667. The molecule has 1 atom stereocenters. The fourth-order valence-corrected chi connectivity index (χ4v) is 3.64. The van der Waals surface area contributed by atoms with E-state index in [2.05, 4.69) is 11.4 Å². The summed E-state index contributed by atoms with van der Waals surface area (Å²) in [7, 11) is 0. The van der Waals surface area contributed by atoms with E-state index in [1.54, 1.807) is 11.3 Å². The maximum Gasteiger partial charge on any atom is 0.407 e. The molecular formula is C15H22ClNO2S. The van der Waals surface area contributed by atoms with Gasteiger partial charge in [0.1, 0.15) is 5.60 Å². The van der Waals surface area contributed by atoms with Crippen LogP contribution in [0, 0.1) is 0 Å². The molecule has 0 unspecified atom stereocenters. The number of carbonyl (C=O) groups is 1. The van der Waals surface area contributed by atoms with Gasteiger partial charge in [-0.2, -0.15) is 0 Å². The highest BCUT2D eigenvalue weighted by Crippen LogP contribution is 2.45. The van der Waals surface area contributed by atoms with E-state index in [9.17, 15) is 4.79 Å². The van der Waals surface area contributed by atoms with E-state index in [0.717, 1.165) is 10.8 Å². The molecule has 0 bridgehead atoms. The molecule has 112 valence electrons. The van der Waals surface area contributed by atoms with Crippen LogP contribution in [0.15, 0.2) is 6.07 Å². The summed E-state index contributed by atoms with van der Waals surface area (Å²) in [6.07, 6.45) is 2.96. The van der Waals surface area contributed by atoms with Crippen LogP contribution < -0.4 is 5.32 Å². The molecule has 0 saturated heterocycles. The molecule has 1 heterocycles. The number of carbonyl (C=O) groups excluding carboxylic acids is 1. The summed E-state index contributed by atoms with van der Waals surface area (Å²) in [5.74, 6) is 0.683. The largest absolute Gasteiger partial charge is 0.444 e. The Kier molecular flexibility index (Phi) is 4.65. The van der Waals surface area contributed by atoms with Crippen LogP contribution in [0.4, 0.5) is 4.79 Å². The predicted molar refractivity (Wildman–Crippen MR) is 83.8 cm³/mol. The second-order valence-corrected chi connectivity index (χ2v) is 8.22. The smallest absolute Gasteiger partial charge is 0.407 e. The minimum Gasteiger partial charge on any atom is -0.444 e. The number of hydrogen-bond donors (Lipinski definition) is 1. The van der Waals surface area contributed by atoms with Crippen molar-refractivity contribution >= 4 is 29.0 Å². The maximum atomic E-state index is 11.7. The topological polar surface area (TPSA) is 38.3 Å². The second kappa shape index (κ2) is 5.94. The van der Waals surface area contributed by atoms with Crippen LogP contribution >= 0.6 is 22.9 Å². The molecule has 0 radical (unpaired) electrons. The monoisotopic (exact) mass is 315 g/mol. The Balaban J connectivity index is 1.91. The zero-order chi connectivity index (χ0) is 14.9. The Bertz CT molecular complexity index is 489. The number of thiophene rings is 1. The third-order valence-corrected chi connectivity index (χ3v) is 4.39. The molecule has 5 heteroatoms. The molecule has 0 aliphatic heterocycles. The second-order valence-electron chi connectivity index (χ2n) is 6.45. The number of hydrogen-bond acceptors (Lipinski definition) is 3. The van der Waals surface area contributed by atoms with Gasteiger partial charge in [-0.25, -0.2) is 4.79 Å². The minimum absolute atomic E-state index is 0.0390. The van der Waals surface area contributed by atoms with E-state index in [-0.39, 0.29) is 12.1 Å². The lowest BCUT2D eigenvalue weighted by Gasteiger charge is -2.22. The van der Waals surface area contributed by atoms with Gasteiger partial charge in [0.15, 0.2) is 0 Å². The molecule has 3 nitrogen and oxygen atoms in total. The molecule has 2 rings (SSSR count). The molecule has 1 aromatic heterocycles. The summed E-state index contributed by atoms with van der Waals surface area (Å²) in [5.41, 5.74) is 0.910. The van der Waals surface area contributed by atoms with Gasteiger partial charge in [-0.1, -0.05) is 11.6 Å². The van der Waals surface area contributed by atoms with Crippen LogP contribution in [0.5, 0.6) is 0 Å². The SMILES string of the molecule is C[C@@H](Cc1sc(Cl)cc1C1CC1)NC(=O)OC(C)(C)C. The number of alkyl carbamates (subject to hydrolysis) is 1. The first-order chi connectivity index (χ1) is 9.24. The van der Waals surface area contributed by atoms with Crippen LogP contribution in [0.1, 0.15) is 56.9 Å². The summed E-state index contributed by atoms with van der Waals surface area (Å²) in [6, 6.07) is 2.12. The molecule has 20 heavy (non-hydrogen) atoms. The summed E-state index contributed by atoms with van der Waals surface area (Å²) in [5, 5.41) is 2.88. The van der Waals surface area contributed by atoms with Crippen molar-refractivity contribution in [2.75, 3.05) is 0 Å². The van der Waals surface area contributed by atoms with E-state index in [4.69, 9.17) is 16.3 Å². The van der Waals surface area contributed by atoms with Crippen molar-refractivity contribution in [3.05, 3.63) is 20.8 Å². The number of amides is 1. The Hall–Kier alpha value is -0.740. The highest BCUT2D eigenvalue weighted by molar-refractivity contribution is 7.16. The van der Waals surface area contributed by atoms with Gasteiger partial charge in [-0.3, -0.25) is 0 Å². The zero-order valence-corrected chi connectivity index (χ0v) is 14.0. The van der Waals surface area contributed by atoms with Gasteiger partial charge in [0.25, 0.3) is 0 Å². The van der Waals surface area contributed by atoms with E-state index in [1.807, 2.05) is 27.7 Å². The van der Waals surface area contributed by atoms with Crippen molar-refractivity contribution in [2.45, 2.75) is 64.5 Å². The summed E-state index contributed by atoms with van der Waals surface area (Å²) in [6.45, 7) is 7.58. The van der Waals surface area contributed by atoms with Crippen molar-refractivity contribution < 1.29 is 9.53 Å². The Morgan fingerprint density at radius 3 is 2.75 bits per heavy atom. The third kappa shape index (κ3) is 4.67. The molecule has 1 aliphatic rings. The molecule has 1 aromatic rings. The van der Waals surface area contributed by atoms with Crippen LogP contribution in [-0.2, 0) is 11.2 Å². The van der Waals surface area contributed by atoms with Gasteiger partial charge in [-0.15, -0.1) is 11.3 Å². The fourth-order valence-electron chi connectivity index (χ4n) is 2.15. The summed E-state index contributed by atoms with van der Waals surface area (Å²) < 4.78 is 6.11. The predicted octanol–water partition coefficient (Wildman–Crippen LogP) is 4.73. The highest BCUT2D eigenvalue weighted by Gasteiger charge is 2.28. The lowest BCUT2D eigenvalue weighted by Crippen LogP contribution is -2.38. The van der Waals surface area contributed by atoms with Gasteiger partial charge in [0.2, 0.25) is 0 Å². The first kappa shape index (κ1) is 15.6. The van der Waals surface area contributed by atoms with Crippen LogP contribution in [0.25, 0.3) is 0 Å². The molecule has 1 aliphatic carbocycles. The number of ether oxygens (including phenoxy) is 1. The molecule has 1 fully saturated rings. The van der Waals surface area contributed by atoms with Crippen LogP contribution in [0.2, 0.25) is 4.34 Å². The zero-order valence-electron chi connectivity index (χ0n) is 12.5. The molecule has 0 spiro atoms.